The van der Waals surface area contributed by atoms with E-state index in [0.717, 1.165) is 120 Å². The number of nitrogens with one attached hydrogen (secondary N) is 7. The van der Waals surface area contributed by atoms with Crippen LogP contribution in [-0.2, 0) is 58.2 Å². The fourth-order valence-corrected chi connectivity index (χ4v) is 15.5. The summed E-state index contributed by atoms with van der Waals surface area (Å²) in [5.41, 5.74) is 7.29. The van der Waals surface area contributed by atoms with E-state index in [4.69, 9.17) is 13.3 Å². The van der Waals surface area contributed by atoms with Crippen LogP contribution in [0.2, 0.25) is 0 Å². The molecule has 6 aromatic heterocycles. The molecule has 0 aliphatic heterocycles. The van der Waals surface area contributed by atoms with E-state index in [-0.39, 0.29) is 71.1 Å². The van der Waals surface area contributed by atoms with E-state index in [9.17, 15) is 59.1 Å². The van der Waals surface area contributed by atoms with Gasteiger partial charge in [-0.15, -0.1) is 34.0 Å². The number of furan rings is 3. The van der Waals surface area contributed by atoms with Gasteiger partial charge in [-0.05, 0) is 191 Å². The van der Waals surface area contributed by atoms with E-state index < -0.39 is 32.5 Å². The first kappa shape index (κ1) is 72.1. The highest BCUT2D eigenvalue weighted by atomic mass is 32.1. The predicted octanol–water partition coefficient (Wildman–Crippen LogP) is 16.4. The molecule has 28 heteroatoms. The summed E-state index contributed by atoms with van der Waals surface area (Å²) in [5, 5.41) is 54.3. The van der Waals surface area contributed by atoms with Gasteiger partial charge in [0.15, 0.2) is 0 Å². The molecule has 6 amide bonds. The molecule has 6 heterocycles. The average molecular weight is 1450 g/mol. The summed E-state index contributed by atoms with van der Waals surface area (Å²) in [6.45, 7) is 0.768. The number of fused-ring (bicyclic) bond motifs is 3. The van der Waals surface area contributed by atoms with Crippen molar-refractivity contribution < 1.29 is 56.8 Å². The lowest BCUT2D eigenvalue weighted by Gasteiger charge is -2.13. The van der Waals surface area contributed by atoms with Crippen molar-refractivity contribution in [2.75, 3.05) is 21.3 Å². The topological polar surface area (TPSA) is 355 Å². The van der Waals surface area contributed by atoms with Crippen LogP contribution in [0, 0.1) is 30.3 Å². The van der Waals surface area contributed by atoms with Gasteiger partial charge in [0.25, 0.3) is 52.5 Å². The zero-order chi connectivity index (χ0) is 72.2. The second-order valence-electron chi connectivity index (χ2n) is 23.7. The number of aryl methyl sites for hydroxylation is 3. The van der Waals surface area contributed by atoms with Crippen LogP contribution in [0.4, 0.5) is 43.4 Å². The number of hydrogen-bond donors (Lipinski definition) is 7. The van der Waals surface area contributed by atoms with Gasteiger partial charge in [0, 0.05) is 79.1 Å². The molecule has 0 unspecified atom stereocenters. The molecule has 3 aliphatic carbocycles. The van der Waals surface area contributed by atoms with Crippen LogP contribution in [0.25, 0.3) is 0 Å². The molecular formula is C75H68N10O15S3. The zero-order valence-corrected chi connectivity index (χ0v) is 57.6. The Morgan fingerprint density at radius 3 is 0.864 bits per heavy atom. The molecule has 25 nitrogen and oxygen atoms in total. The minimum absolute atomic E-state index is 0.0869. The smallest absolute Gasteiger partial charge is 0.269 e. The van der Waals surface area contributed by atoms with Crippen LogP contribution in [0.15, 0.2) is 202 Å². The molecule has 103 heavy (non-hydrogen) atoms. The maximum Gasteiger partial charge on any atom is 0.269 e. The first-order valence-corrected chi connectivity index (χ1v) is 35.4. The van der Waals surface area contributed by atoms with Gasteiger partial charge in [-0.1, -0.05) is 36.4 Å². The van der Waals surface area contributed by atoms with Crippen molar-refractivity contribution in [3.05, 3.63) is 301 Å². The number of amides is 6. The maximum absolute atomic E-state index is 13.0. The number of rotatable bonds is 20. The van der Waals surface area contributed by atoms with Crippen LogP contribution in [0.1, 0.15) is 149 Å². The Morgan fingerprint density at radius 2 is 0.612 bits per heavy atom. The number of non-ortho nitro benzene ring substituents is 3. The number of para-hydroxylation sites is 2. The molecule has 5 aromatic carbocycles. The summed E-state index contributed by atoms with van der Waals surface area (Å²) in [6, 6.07) is 47.0. The maximum atomic E-state index is 13.0. The third kappa shape index (κ3) is 19.0. The third-order valence-electron chi connectivity index (χ3n) is 16.7. The largest absolute Gasteiger partial charge is 0.467 e. The van der Waals surface area contributed by atoms with Crippen molar-refractivity contribution in [3.63, 3.8) is 0 Å². The second kappa shape index (κ2) is 34.8. The van der Waals surface area contributed by atoms with Gasteiger partial charge in [-0.25, -0.2) is 0 Å². The van der Waals surface area contributed by atoms with Gasteiger partial charge >= 0.3 is 0 Å². The Kier molecular flexibility index (Phi) is 24.3. The third-order valence-corrected chi connectivity index (χ3v) is 20.4. The molecule has 526 valence electrons. The van der Waals surface area contributed by atoms with Gasteiger partial charge in [-0.2, -0.15) is 0 Å². The van der Waals surface area contributed by atoms with Crippen molar-refractivity contribution in [1.82, 2.24) is 16.0 Å². The molecular weight excluding hydrogens is 1380 g/mol. The summed E-state index contributed by atoms with van der Waals surface area (Å²) in [7, 11) is 0. The predicted molar refractivity (Wildman–Crippen MR) is 392 cm³/mol. The Hall–Kier alpha value is -12.1. The lowest BCUT2D eigenvalue weighted by atomic mass is 9.95. The van der Waals surface area contributed by atoms with Gasteiger partial charge in [0.1, 0.15) is 32.3 Å². The molecule has 0 saturated carbocycles. The highest BCUT2D eigenvalue weighted by molar-refractivity contribution is 7.17. The van der Waals surface area contributed by atoms with Crippen LogP contribution in [0.3, 0.4) is 0 Å². The first-order valence-electron chi connectivity index (χ1n) is 32.9. The summed E-state index contributed by atoms with van der Waals surface area (Å²) in [4.78, 5) is 111. The number of nitro groups is 3. The quantitative estimate of drug-likeness (QED) is 0.0275. The molecule has 3 aliphatic rings. The second-order valence-corrected chi connectivity index (χ2v) is 27.0. The zero-order valence-electron chi connectivity index (χ0n) is 55.2. The Labute approximate surface area is 601 Å². The van der Waals surface area contributed by atoms with E-state index in [1.807, 2.05) is 60.7 Å². The molecule has 0 bridgehead atoms. The van der Waals surface area contributed by atoms with Crippen molar-refractivity contribution >= 4 is 113 Å². The van der Waals surface area contributed by atoms with E-state index >= 15 is 0 Å². The van der Waals surface area contributed by atoms with E-state index in [2.05, 4.69) is 37.2 Å². The van der Waals surface area contributed by atoms with Crippen molar-refractivity contribution in [1.29, 1.82) is 0 Å². The van der Waals surface area contributed by atoms with E-state index in [0.29, 0.717) is 49.0 Å². The molecule has 0 saturated heterocycles. The molecule has 0 spiro atoms. The normalized spacial score (nSPS) is 12.4. The van der Waals surface area contributed by atoms with Gasteiger partial charge in [0.2, 0.25) is 0 Å². The Morgan fingerprint density at radius 1 is 0.340 bits per heavy atom. The van der Waals surface area contributed by atoms with Gasteiger partial charge in [-0.3, -0.25) is 59.1 Å². The Bertz CT molecular complexity index is 4330. The summed E-state index contributed by atoms with van der Waals surface area (Å²) < 4.78 is 15.8. The number of carbonyl (C=O) groups is 6. The number of nitro benzene ring substituents is 3. The van der Waals surface area contributed by atoms with Crippen molar-refractivity contribution in [2.45, 2.75) is 96.7 Å². The minimum Gasteiger partial charge on any atom is -0.467 e. The number of thiophene rings is 3. The fourth-order valence-electron chi connectivity index (χ4n) is 11.6. The van der Waals surface area contributed by atoms with E-state index in [1.165, 1.54) is 107 Å². The van der Waals surface area contributed by atoms with Crippen molar-refractivity contribution in [3.8, 4) is 0 Å². The van der Waals surface area contributed by atoms with Crippen molar-refractivity contribution in [2.24, 2.45) is 0 Å². The standard InChI is InChI=1S/3C21H19N3O5S.C12H11N/c3*25-19(13-7-9-14(10-8-13)24(27)28)23-21-18(16-5-1-2-6-17(16)30-21)20(26)22-12-15-4-3-11-29-15;1-3-7-11(8-4-1)13-12-9-5-2-6-10-12/h3*3-4,7-11H,1-2,5-6,12H2,(H,22,26)(H,23,25);1-10,13H. The van der Waals surface area contributed by atoms with Gasteiger partial charge < -0.3 is 50.5 Å². The average Bonchev–Trinajstić information content (AvgIpc) is 1.65. The molecule has 0 fully saturated rings. The SMILES string of the molecule is O=C(Nc1sc2c(c1C(=O)NCc1ccco1)CCCC2)c1ccc([N+](=O)[O-])cc1.O=C(Nc1sc2c(c1C(=O)NCc1ccco1)CCCC2)c1ccc([N+](=O)[O-])cc1.O=C(Nc1sc2c(c1C(=O)NCc1ccco1)CCCC2)c1ccc([N+](=O)[O-])cc1.c1ccc(Nc2ccccc2)cc1. The fraction of sp³-hybridized carbons (Fsp3) is 0.200. The summed E-state index contributed by atoms with van der Waals surface area (Å²) in [6.07, 6.45) is 15.8. The number of hydrogen-bond acceptors (Lipinski definition) is 19. The molecule has 7 N–H and O–H groups in total. The van der Waals surface area contributed by atoms with Crippen LogP contribution in [-0.4, -0.2) is 50.2 Å². The summed E-state index contributed by atoms with van der Waals surface area (Å²) >= 11 is 4.26. The molecule has 11 aromatic rings. The van der Waals surface area contributed by atoms with Gasteiger partial charge in [0.05, 0.1) is 69.9 Å². The van der Waals surface area contributed by atoms with Crippen LogP contribution in [0.5, 0.6) is 0 Å². The number of anilines is 5. The first-order chi connectivity index (χ1) is 50.0. The highest BCUT2D eigenvalue weighted by Gasteiger charge is 2.30. The number of nitrogens with zero attached hydrogens (tertiary/aromatic N) is 3. The molecule has 0 atom stereocenters. The van der Waals surface area contributed by atoms with Crippen LogP contribution >= 0.6 is 34.0 Å². The monoisotopic (exact) mass is 1440 g/mol. The summed E-state index contributed by atoms with van der Waals surface area (Å²) in [5.74, 6) is -0.0909. The minimum atomic E-state index is -0.517. The molecule has 0 radical (unpaired) electrons. The molecule has 14 rings (SSSR count). The lowest BCUT2D eigenvalue weighted by molar-refractivity contribution is -0.385. The van der Waals surface area contributed by atoms with E-state index in [1.54, 1.807) is 55.2 Å². The van der Waals surface area contributed by atoms with Crippen LogP contribution < -0.4 is 37.2 Å². The number of carbonyl (C=O) groups excluding carboxylic acids is 6. The lowest BCUT2D eigenvalue weighted by Crippen LogP contribution is -2.25. The number of benzene rings is 5. The highest BCUT2D eigenvalue weighted by Crippen LogP contribution is 2.41. The Balaban J connectivity index is 0.000000142.